The Morgan fingerprint density at radius 1 is 1.13 bits per heavy atom. The lowest BCUT2D eigenvalue weighted by Gasteiger charge is -2.15. The van der Waals surface area contributed by atoms with Crippen LogP contribution in [0, 0.1) is 0 Å². The Morgan fingerprint density at radius 3 is 2.45 bits per heavy atom. The van der Waals surface area contributed by atoms with Gasteiger partial charge < -0.3 is 15.2 Å². The van der Waals surface area contributed by atoms with Gasteiger partial charge in [0.15, 0.2) is 0 Å². The number of ether oxygens (including phenoxy) is 1. The summed E-state index contributed by atoms with van der Waals surface area (Å²) in [5, 5.41) is 11.7. The van der Waals surface area contributed by atoms with Crippen molar-refractivity contribution in [1.82, 2.24) is 20.3 Å². The summed E-state index contributed by atoms with van der Waals surface area (Å²) >= 11 is 0. The highest BCUT2D eigenvalue weighted by atomic mass is 16.5. The van der Waals surface area contributed by atoms with E-state index in [9.17, 15) is 4.79 Å². The number of aliphatic carboxylic acids is 1. The van der Waals surface area contributed by atoms with Crippen LogP contribution in [0.25, 0.3) is 0 Å². The normalized spacial score (nSPS) is 13.0. The minimum atomic E-state index is -0.800. The molecule has 1 aliphatic carbocycles. The van der Waals surface area contributed by atoms with Gasteiger partial charge in [0.25, 0.3) is 0 Å². The monoisotopic (exact) mass is 430 g/mol. The fourth-order valence-electron chi connectivity index (χ4n) is 3.26. The van der Waals surface area contributed by atoms with Crippen LogP contribution in [0.5, 0.6) is 0 Å². The molecular formula is C24H38N4O3. The Morgan fingerprint density at radius 2 is 1.84 bits per heavy atom. The second kappa shape index (κ2) is 17.3. The van der Waals surface area contributed by atoms with Crippen molar-refractivity contribution >= 4 is 5.97 Å². The number of pyridine rings is 1. The summed E-state index contributed by atoms with van der Waals surface area (Å²) in [4.78, 5) is 23.0. The number of hydrogen-bond acceptors (Lipinski definition) is 6. The average Bonchev–Trinajstić information content (AvgIpc) is 2.83. The van der Waals surface area contributed by atoms with Gasteiger partial charge in [0.2, 0.25) is 0 Å². The van der Waals surface area contributed by atoms with E-state index in [1.807, 2.05) is 13.8 Å². The van der Waals surface area contributed by atoms with Gasteiger partial charge in [-0.15, -0.1) is 0 Å². The number of carboxylic acids is 1. The molecule has 3 rings (SSSR count). The molecule has 0 aliphatic heterocycles. The summed E-state index contributed by atoms with van der Waals surface area (Å²) in [7, 11) is 1.67. The molecule has 0 saturated heterocycles. The molecule has 1 unspecified atom stereocenters. The second-order valence-corrected chi connectivity index (χ2v) is 7.06. The van der Waals surface area contributed by atoms with E-state index in [-0.39, 0.29) is 0 Å². The number of likely N-dealkylation sites (N-methyl/N-ethyl adjacent to an activating group) is 1. The molecule has 172 valence electrons. The van der Waals surface area contributed by atoms with Gasteiger partial charge in [0, 0.05) is 37.0 Å². The molecule has 0 spiro atoms. The highest BCUT2D eigenvalue weighted by Crippen LogP contribution is 2.19. The van der Waals surface area contributed by atoms with E-state index in [0.717, 1.165) is 31.4 Å². The Balaban J connectivity index is 0.000000508. The van der Waals surface area contributed by atoms with Crippen molar-refractivity contribution in [3.05, 3.63) is 53.9 Å². The van der Waals surface area contributed by atoms with Gasteiger partial charge in [0.05, 0.1) is 0 Å². The largest absolute Gasteiger partial charge is 0.480 e. The first-order valence-electron chi connectivity index (χ1n) is 11.4. The van der Waals surface area contributed by atoms with Crippen molar-refractivity contribution in [3.63, 3.8) is 0 Å². The minimum Gasteiger partial charge on any atom is -0.480 e. The van der Waals surface area contributed by atoms with Gasteiger partial charge in [-0.05, 0) is 76.1 Å². The Kier molecular flexibility index (Phi) is 14.9. The molecule has 1 aliphatic rings. The number of nitrogens with one attached hydrogen (secondary N) is 1. The highest BCUT2D eigenvalue weighted by Gasteiger charge is 2.13. The van der Waals surface area contributed by atoms with Crippen LogP contribution in [0.2, 0.25) is 0 Å². The summed E-state index contributed by atoms with van der Waals surface area (Å²) in [5.41, 5.74) is 3.88. The molecule has 1 atom stereocenters. The standard InChI is InChI=1S/C18H28N2O3.C4H4N2.C2H6/c1-19-17(18(21)22)9-5-13-23-12-4-7-15-11-10-14-6-2-3-8-16(14)20-15;1-2-5-4-6-3-1;1-2/h10-11,17,19H,2-9,12-13H2,1H3,(H,21,22);1-4H;1-2H3. The minimum absolute atomic E-state index is 0.474. The predicted molar refractivity (Wildman–Crippen MR) is 123 cm³/mol. The number of nitrogens with zero attached hydrogens (tertiary/aromatic N) is 3. The van der Waals surface area contributed by atoms with Gasteiger partial charge in [-0.2, -0.15) is 0 Å². The third-order valence-electron chi connectivity index (χ3n) is 4.86. The maximum atomic E-state index is 10.8. The number of hydrogen-bond donors (Lipinski definition) is 2. The summed E-state index contributed by atoms with van der Waals surface area (Å²) in [6.45, 7) is 5.32. The molecule has 7 nitrogen and oxygen atoms in total. The SMILES string of the molecule is CC.CNC(CCCOCCCc1ccc2c(n1)CCCC2)C(=O)O.c1cncnc1. The van der Waals surface area contributed by atoms with Crippen LogP contribution in [-0.2, 0) is 28.8 Å². The summed E-state index contributed by atoms with van der Waals surface area (Å²) in [5.74, 6) is -0.800. The van der Waals surface area contributed by atoms with Crippen molar-refractivity contribution in [3.8, 4) is 0 Å². The van der Waals surface area contributed by atoms with Crippen LogP contribution in [-0.4, -0.2) is 52.3 Å². The van der Waals surface area contributed by atoms with Crippen molar-refractivity contribution in [2.45, 2.75) is 71.3 Å². The lowest BCUT2D eigenvalue weighted by molar-refractivity contribution is -0.139. The van der Waals surface area contributed by atoms with Crippen molar-refractivity contribution in [1.29, 1.82) is 0 Å². The van der Waals surface area contributed by atoms with Crippen LogP contribution in [0.15, 0.2) is 36.9 Å². The molecule has 2 heterocycles. The third kappa shape index (κ3) is 11.5. The van der Waals surface area contributed by atoms with Crippen molar-refractivity contribution < 1.29 is 14.6 Å². The van der Waals surface area contributed by atoms with Crippen molar-refractivity contribution in [2.24, 2.45) is 0 Å². The fourth-order valence-corrected chi connectivity index (χ4v) is 3.26. The van der Waals surface area contributed by atoms with Gasteiger partial charge >= 0.3 is 5.97 Å². The zero-order valence-electron chi connectivity index (χ0n) is 19.2. The zero-order chi connectivity index (χ0) is 22.7. The number of aromatic nitrogens is 3. The molecule has 0 amide bonds. The van der Waals surface area contributed by atoms with E-state index < -0.39 is 12.0 Å². The number of carbonyl (C=O) groups is 1. The summed E-state index contributed by atoms with van der Waals surface area (Å²) in [6.07, 6.45) is 13.0. The lowest BCUT2D eigenvalue weighted by atomic mass is 9.95. The second-order valence-electron chi connectivity index (χ2n) is 7.06. The van der Waals surface area contributed by atoms with E-state index in [1.165, 1.54) is 36.8 Å². The van der Waals surface area contributed by atoms with E-state index in [4.69, 9.17) is 14.8 Å². The maximum Gasteiger partial charge on any atom is 0.320 e. The number of aryl methyl sites for hydroxylation is 3. The van der Waals surface area contributed by atoms with Gasteiger partial charge in [-0.1, -0.05) is 19.9 Å². The third-order valence-corrected chi connectivity index (χ3v) is 4.86. The Bertz CT molecular complexity index is 687. The molecule has 0 saturated carbocycles. The topological polar surface area (TPSA) is 97.2 Å². The highest BCUT2D eigenvalue weighted by molar-refractivity contribution is 5.73. The first-order valence-corrected chi connectivity index (χ1v) is 11.4. The number of fused-ring (bicyclic) bond motifs is 1. The first kappa shape index (κ1) is 26.7. The predicted octanol–water partition coefficient (Wildman–Crippen LogP) is 3.87. The zero-order valence-corrected chi connectivity index (χ0v) is 19.2. The molecule has 31 heavy (non-hydrogen) atoms. The van der Waals surface area contributed by atoms with Gasteiger partial charge in [0.1, 0.15) is 12.4 Å². The van der Waals surface area contributed by atoms with E-state index in [2.05, 4.69) is 27.4 Å². The summed E-state index contributed by atoms with van der Waals surface area (Å²) in [6, 6.07) is 5.69. The molecule has 0 fully saturated rings. The van der Waals surface area contributed by atoms with Crippen LogP contribution in [0.4, 0.5) is 0 Å². The molecule has 7 heteroatoms. The van der Waals surface area contributed by atoms with Gasteiger partial charge in [-0.25, -0.2) is 9.97 Å². The van der Waals surface area contributed by atoms with Crippen LogP contribution in [0.1, 0.15) is 62.9 Å². The van der Waals surface area contributed by atoms with E-state index in [1.54, 1.807) is 25.5 Å². The first-order chi connectivity index (χ1) is 15.2. The number of carboxylic acid groups (broad SMARTS) is 1. The lowest BCUT2D eigenvalue weighted by Crippen LogP contribution is -2.33. The molecular weight excluding hydrogens is 392 g/mol. The number of rotatable bonds is 10. The van der Waals surface area contributed by atoms with Gasteiger partial charge in [-0.3, -0.25) is 9.78 Å². The Labute approximate surface area is 186 Å². The van der Waals surface area contributed by atoms with Crippen LogP contribution >= 0.6 is 0 Å². The molecule has 0 aromatic carbocycles. The summed E-state index contributed by atoms with van der Waals surface area (Å²) < 4.78 is 5.59. The van der Waals surface area contributed by atoms with Crippen LogP contribution in [0.3, 0.4) is 0 Å². The van der Waals surface area contributed by atoms with E-state index >= 15 is 0 Å². The quantitative estimate of drug-likeness (QED) is 0.552. The fraction of sp³-hybridized carbons (Fsp3) is 0.583. The van der Waals surface area contributed by atoms with E-state index in [0.29, 0.717) is 19.6 Å². The molecule has 2 N–H and O–H groups in total. The molecule has 0 bridgehead atoms. The Hall–Kier alpha value is -2.38. The smallest absolute Gasteiger partial charge is 0.320 e. The van der Waals surface area contributed by atoms with Crippen LogP contribution < -0.4 is 5.32 Å². The molecule has 0 radical (unpaired) electrons. The average molecular weight is 431 g/mol. The molecule has 2 aromatic heterocycles. The van der Waals surface area contributed by atoms with Crippen molar-refractivity contribution in [2.75, 3.05) is 20.3 Å². The molecule has 2 aromatic rings. The maximum absolute atomic E-state index is 10.8.